The number of carbonyl (C=O) groups excluding carboxylic acids is 3. The summed E-state index contributed by atoms with van der Waals surface area (Å²) in [6.45, 7) is 15.2. The molecular weight excluding hydrogens is 687 g/mol. The third kappa shape index (κ3) is 31.4. The number of rotatable bonds is 38. The van der Waals surface area contributed by atoms with E-state index in [1.807, 2.05) is 6.08 Å². The molecule has 7 heteroatoms. The molecule has 318 valence electrons. The van der Waals surface area contributed by atoms with Gasteiger partial charge in [-0.15, -0.1) is 0 Å². The fraction of sp³-hybridized carbons (Fsp3) is 0.854. The quantitative estimate of drug-likeness (QED) is 0.0267. The summed E-state index contributed by atoms with van der Waals surface area (Å²) in [5.41, 5.74) is 5.65. The standard InChI is InChI=1S/C48H85NO6/c1-5-8-28-43(4)35-41-53-46(50)33-23-19-15-11-13-17-21-31-45(48(52)55-40-27-39-49-37-25-26-38-49)32-22-18-14-12-16-20-24-34-47(51)54-42-36-44(29-9-6-2)30-10-7-3/h29,43-45H,2,5,7-8,10-28,30-42H2,1,3-4H3. The number of hydrogen-bond acceptors (Lipinski definition) is 7. The van der Waals surface area contributed by atoms with E-state index in [1.54, 1.807) is 0 Å². The van der Waals surface area contributed by atoms with Crippen molar-refractivity contribution in [1.82, 2.24) is 4.90 Å². The van der Waals surface area contributed by atoms with Gasteiger partial charge in [0.2, 0.25) is 0 Å². The number of unbranched alkanes of at least 4 members (excludes halogenated alkanes) is 14. The Kier molecular flexibility index (Phi) is 34.3. The molecule has 55 heavy (non-hydrogen) atoms. The van der Waals surface area contributed by atoms with Crippen LogP contribution in [0.1, 0.15) is 207 Å². The monoisotopic (exact) mass is 772 g/mol. The highest BCUT2D eigenvalue weighted by Gasteiger charge is 2.20. The van der Waals surface area contributed by atoms with Crippen LogP contribution in [0.5, 0.6) is 0 Å². The second kappa shape index (κ2) is 37.3. The summed E-state index contributed by atoms with van der Waals surface area (Å²) in [5.74, 6) is 0.888. The van der Waals surface area contributed by atoms with E-state index in [4.69, 9.17) is 14.2 Å². The predicted octanol–water partition coefficient (Wildman–Crippen LogP) is 12.6. The lowest BCUT2D eigenvalue weighted by Crippen LogP contribution is -2.23. The molecule has 0 bridgehead atoms. The number of esters is 3. The maximum atomic E-state index is 13.1. The molecule has 0 N–H and O–H groups in total. The highest BCUT2D eigenvalue weighted by Crippen LogP contribution is 2.22. The van der Waals surface area contributed by atoms with Crippen LogP contribution >= 0.6 is 0 Å². The van der Waals surface area contributed by atoms with Crippen LogP contribution < -0.4 is 0 Å². The van der Waals surface area contributed by atoms with Gasteiger partial charge in [-0.1, -0.05) is 141 Å². The Balaban J connectivity index is 2.21. The van der Waals surface area contributed by atoms with Crippen LogP contribution in [0, 0.1) is 17.8 Å². The van der Waals surface area contributed by atoms with Gasteiger partial charge in [0.05, 0.1) is 25.7 Å². The van der Waals surface area contributed by atoms with E-state index in [1.165, 1.54) is 70.9 Å². The van der Waals surface area contributed by atoms with E-state index >= 15 is 0 Å². The van der Waals surface area contributed by atoms with Crippen molar-refractivity contribution in [2.45, 2.75) is 207 Å². The molecule has 0 aromatic carbocycles. The molecule has 0 radical (unpaired) electrons. The first-order valence-corrected chi connectivity index (χ1v) is 23.2. The van der Waals surface area contributed by atoms with E-state index in [9.17, 15) is 14.4 Å². The van der Waals surface area contributed by atoms with Crippen LogP contribution in [0.3, 0.4) is 0 Å². The Labute approximate surface area is 338 Å². The lowest BCUT2D eigenvalue weighted by atomic mass is 9.94. The highest BCUT2D eigenvalue weighted by atomic mass is 16.5. The summed E-state index contributed by atoms with van der Waals surface area (Å²) >= 11 is 0. The van der Waals surface area contributed by atoms with Crippen molar-refractivity contribution in [3.05, 3.63) is 24.1 Å². The molecule has 0 aromatic heterocycles. The largest absolute Gasteiger partial charge is 0.466 e. The minimum atomic E-state index is -0.0845. The molecule has 0 spiro atoms. The Morgan fingerprint density at radius 3 is 1.65 bits per heavy atom. The van der Waals surface area contributed by atoms with Crippen molar-refractivity contribution in [2.24, 2.45) is 17.8 Å². The maximum Gasteiger partial charge on any atom is 0.308 e. The second-order valence-electron chi connectivity index (χ2n) is 16.4. The summed E-state index contributed by atoms with van der Waals surface area (Å²) in [7, 11) is 0. The van der Waals surface area contributed by atoms with Crippen molar-refractivity contribution < 1.29 is 28.6 Å². The number of allylic oxidation sites excluding steroid dienone is 1. The summed E-state index contributed by atoms with van der Waals surface area (Å²) in [6.07, 6.45) is 32.6. The van der Waals surface area contributed by atoms with E-state index in [2.05, 4.69) is 43.7 Å². The van der Waals surface area contributed by atoms with Crippen LogP contribution in [-0.4, -0.2) is 62.3 Å². The van der Waals surface area contributed by atoms with Gasteiger partial charge in [0.15, 0.2) is 0 Å². The molecule has 1 aliphatic rings. The highest BCUT2D eigenvalue weighted by molar-refractivity contribution is 5.72. The van der Waals surface area contributed by atoms with Gasteiger partial charge in [-0.2, -0.15) is 0 Å². The predicted molar refractivity (Wildman–Crippen MR) is 228 cm³/mol. The lowest BCUT2D eigenvalue weighted by Gasteiger charge is -2.18. The van der Waals surface area contributed by atoms with Gasteiger partial charge in [0.25, 0.3) is 0 Å². The fourth-order valence-corrected chi connectivity index (χ4v) is 7.55. The number of nitrogens with zero attached hydrogens (tertiary/aromatic N) is 1. The molecule has 0 aliphatic carbocycles. The molecule has 3 unspecified atom stereocenters. The zero-order valence-electron chi connectivity index (χ0n) is 36.2. The summed E-state index contributed by atoms with van der Waals surface area (Å²) < 4.78 is 16.8. The van der Waals surface area contributed by atoms with Crippen molar-refractivity contribution in [3.8, 4) is 0 Å². The summed E-state index contributed by atoms with van der Waals surface area (Å²) in [5, 5.41) is 0. The molecule has 1 saturated heterocycles. The second-order valence-corrected chi connectivity index (χ2v) is 16.4. The van der Waals surface area contributed by atoms with Crippen LogP contribution in [-0.2, 0) is 28.6 Å². The topological polar surface area (TPSA) is 82.1 Å². The third-order valence-corrected chi connectivity index (χ3v) is 11.3. The molecule has 0 saturated carbocycles. The smallest absolute Gasteiger partial charge is 0.308 e. The lowest BCUT2D eigenvalue weighted by molar-refractivity contribution is -0.149. The van der Waals surface area contributed by atoms with E-state index in [0.29, 0.717) is 44.5 Å². The first kappa shape index (κ1) is 50.7. The summed E-state index contributed by atoms with van der Waals surface area (Å²) in [6, 6.07) is 0. The van der Waals surface area contributed by atoms with Gasteiger partial charge in [-0.3, -0.25) is 14.4 Å². The number of carbonyl (C=O) groups is 3. The molecule has 1 rings (SSSR count). The van der Waals surface area contributed by atoms with Crippen LogP contribution in [0.4, 0.5) is 0 Å². The van der Waals surface area contributed by atoms with Gasteiger partial charge in [-0.05, 0) is 102 Å². The Morgan fingerprint density at radius 2 is 1.11 bits per heavy atom. The molecular formula is C48H85NO6. The number of likely N-dealkylation sites (tertiary alicyclic amines) is 1. The normalized spacial score (nSPS) is 14.5. The van der Waals surface area contributed by atoms with Crippen LogP contribution in [0.25, 0.3) is 0 Å². The Hall–Kier alpha value is -2.33. The van der Waals surface area contributed by atoms with E-state index in [-0.39, 0.29) is 23.8 Å². The fourth-order valence-electron chi connectivity index (χ4n) is 7.55. The van der Waals surface area contributed by atoms with Gasteiger partial charge < -0.3 is 19.1 Å². The number of hydrogen-bond donors (Lipinski definition) is 0. The SMILES string of the molecule is C=C=C=CC(CCCC)CCOC(=O)CCCCCCCCCC(CCCCCCCCCC(=O)OCCC(C)CCCC)C(=O)OCCCN1CCCC1. The summed E-state index contributed by atoms with van der Waals surface area (Å²) in [4.78, 5) is 39.9. The minimum Gasteiger partial charge on any atom is -0.466 e. The first-order chi connectivity index (χ1) is 26.9. The molecule has 1 heterocycles. The van der Waals surface area contributed by atoms with Crippen LogP contribution in [0.15, 0.2) is 24.1 Å². The molecule has 7 nitrogen and oxygen atoms in total. The van der Waals surface area contributed by atoms with Crippen molar-refractivity contribution >= 4 is 17.9 Å². The van der Waals surface area contributed by atoms with Crippen LogP contribution in [0.2, 0.25) is 0 Å². The molecule has 3 atom stereocenters. The zero-order valence-corrected chi connectivity index (χ0v) is 36.2. The van der Waals surface area contributed by atoms with E-state index < -0.39 is 0 Å². The first-order valence-electron chi connectivity index (χ1n) is 23.2. The van der Waals surface area contributed by atoms with Gasteiger partial charge in [-0.25, -0.2) is 0 Å². The molecule has 0 amide bonds. The van der Waals surface area contributed by atoms with Gasteiger partial charge in [0, 0.05) is 19.4 Å². The molecule has 1 aliphatic heterocycles. The average molecular weight is 772 g/mol. The van der Waals surface area contributed by atoms with Crippen molar-refractivity contribution in [3.63, 3.8) is 0 Å². The van der Waals surface area contributed by atoms with Gasteiger partial charge in [0.1, 0.15) is 0 Å². The minimum absolute atomic E-state index is 0.00911. The third-order valence-electron chi connectivity index (χ3n) is 11.3. The van der Waals surface area contributed by atoms with Crippen molar-refractivity contribution in [2.75, 3.05) is 39.5 Å². The molecule has 0 aromatic rings. The molecule has 1 fully saturated rings. The Bertz CT molecular complexity index is 1030. The van der Waals surface area contributed by atoms with E-state index in [0.717, 1.165) is 122 Å². The Morgan fingerprint density at radius 1 is 0.600 bits per heavy atom. The average Bonchev–Trinajstić information content (AvgIpc) is 3.71. The number of ether oxygens (including phenoxy) is 3. The van der Waals surface area contributed by atoms with Gasteiger partial charge >= 0.3 is 17.9 Å². The van der Waals surface area contributed by atoms with Crippen molar-refractivity contribution in [1.29, 1.82) is 0 Å². The maximum absolute atomic E-state index is 13.1. The zero-order chi connectivity index (χ0) is 40.0.